The van der Waals surface area contributed by atoms with Crippen LogP contribution in [0.1, 0.15) is 26.7 Å². The predicted molar refractivity (Wildman–Crippen MR) is 72.2 cm³/mol. The monoisotopic (exact) mass is 234 g/mol. The van der Waals surface area contributed by atoms with Gasteiger partial charge in [-0.1, -0.05) is 25.1 Å². The van der Waals surface area contributed by atoms with Gasteiger partial charge in [0.05, 0.1) is 0 Å². The highest BCUT2D eigenvalue weighted by molar-refractivity contribution is 5.72. The largest absolute Gasteiger partial charge is 0.371 e. The van der Waals surface area contributed by atoms with E-state index in [0.717, 1.165) is 32.5 Å². The van der Waals surface area contributed by atoms with E-state index in [4.69, 9.17) is 0 Å². The van der Waals surface area contributed by atoms with Gasteiger partial charge < -0.3 is 10.2 Å². The van der Waals surface area contributed by atoms with Crippen LogP contribution in [0.3, 0.4) is 0 Å². The van der Waals surface area contributed by atoms with Gasteiger partial charge in [-0.15, -0.1) is 0 Å². The minimum absolute atomic E-state index is 0.0479. The van der Waals surface area contributed by atoms with Crippen molar-refractivity contribution in [1.29, 1.82) is 0 Å². The maximum atomic E-state index is 10.8. The lowest BCUT2D eigenvalue weighted by molar-refractivity contribution is -0.118. The minimum Gasteiger partial charge on any atom is -0.371 e. The zero-order valence-electron chi connectivity index (χ0n) is 10.8. The Morgan fingerprint density at radius 3 is 2.53 bits per heavy atom. The Morgan fingerprint density at radius 1 is 1.24 bits per heavy atom. The number of para-hydroxylation sites is 1. The van der Waals surface area contributed by atoms with Crippen molar-refractivity contribution in [3.63, 3.8) is 0 Å². The third-order valence-electron chi connectivity index (χ3n) is 2.59. The molecule has 0 atom stereocenters. The van der Waals surface area contributed by atoms with E-state index in [-0.39, 0.29) is 5.91 Å². The van der Waals surface area contributed by atoms with E-state index >= 15 is 0 Å². The van der Waals surface area contributed by atoms with Crippen molar-refractivity contribution < 1.29 is 4.79 Å². The number of carbonyl (C=O) groups excluding carboxylic acids is 1. The number of benzene rings is 1. The molecule has 1 rings (SSSR count). The lowest BCUT2D eigenvalue weighted by atomic mass is 10.2. The van der Waals surface area contributed by atoms with Crippen LogP contribution in [0.4, 0.5) is 5.69 Å². The zero-order valence-corrected chi connectivity index (χ0v) is 10.8. The van der Waals surface area contributed by atoms with Crippen molar-refractivity contribution in [3.05, 3.63) is 30.3 Å². The maximum Gasteiger partial charge on any atom is 0.216 e. The molecule has 0 aliphatic carbocycles. The van der Waals surface area contributed by atoms with Gasteiger partial charge >= 0.3 is 0 Å². The molecule has 94 valence electrons. The SMILES string of the molecule is CCCN(CCCNC(C)=O)c1ccccc1. The molecule has 0 aliphatic rings. The fraction of sp³-hybridized carbons (Fsp3) is 0.500. The van der Waals surface area contributed by atoms with Crippen molar-refractivity contribution in [2.24, 2.45) is 0 Å². The van der Waals surface area contributed by atoms with Crippen LogP contribution < -0.4 is 10.2 Å². The normalized spacial score (nSPS) is 10.0. The Morgan fingerprint density at radius 2 is 1.94 bits per heavy atom. The van der Waals surface area contributed by atoms with E-state index in [1.165, 1.54) is 5.69 Å². The summed E-state index contributed by atoms with van der Waals surface area (Å²) >= 11 is 0. The highest BCUT2D eigenvalue weighted by atomic mass is 16.1. The number of anilines is 1. The quantitative estimate of drug-likeness (QED) is 0.735. The Hall–Kier alpha value is -1.51. The summed E-state index contributed by atoms with van der Waals surface area (Å²) in [7, 11) is 0. The van der Waals surface area contributed by atoms with Gasteiger partial charge in [0, 0.05) is 32.2 Å². The average molecular weight is 234 g/mol. The Kier molecular flexibility index (Phi) is 6.15. The second-order valence-corrected chi connectivity index (χ2v) is 4.16. The second-order valence-electron chi connectivity index (χ2n) is 4.16. The number of nitrogens with one attached hydrogen (secondary N) is 1. The van der Waals surface area contributed by atoms with Gasteiger partial charge in [-0.2, -0.15) is 0 Å². The Labute approximate surface area is 104 Å². The molecule has 0 fully saturated rings. The number of hydrogen-bond donors (Lipinski definition) is 1. The van der Waals surface area contributed by atoms with Gasteiger partial charge in [0.1, 0.15) is 0 Å². The smallest absolute Gasteiger partial charge is 0.216 e. The predicted octanol–water partition coefficient (Wildman–Crippen LogP) is 2.43. The molecule has 0 bridgehead atoms. The highest BCUT2D eigenvalue weighted by Crippen LogP contribution is 2.13. The summed E-state index contributed by atoms with van der Waals surface area (Å²) in [5.74, 6) is 0.0479. The van der Waals surface area contributed by atoms with Crippen LogP contribution in [-0.2, 0) is 4.79 Å². The lowest BCUT2D eigenvalue weighted by Crippen LogP contribution is -2.29. The van der Waals surface area contributed by atoms with E-state index in [2.05, 4.69) is 41.4 Å². The second kappa shape index (κ2) is 7.71. The number of hydrogen-bond acceptors (Lipinski definition) is 2. The fourth-order valence-electron chi connectivity index (χ4n) is 1.81. The van der Waals surface area contributed by atoms with E-state index in [0.29, 0.717) is 0 Å². The van der Waals surface area contributed by atoms with Crippen LogP contribution in [0.25, 0.3) is 0 Å². The molecule has 0 unspecified atom stereocenters. The van der Waals surface area contributed by atoms with Crippen molar-refractivity contribution >= 4 is 11.6 Å². The Bertz CT molecular complexity index is 324. The van der Waals surface area contributed by atoms with Crippen LogP contribution in [0.2, 0.25) is 0 Å². The molecule has 1 aromatic carbocycles. The molecule has 0 spiro atoms. The number of rotatable bonds is 7. The van der Waals surface area contributed by atoms with Crippen molar-refractivity contribution in [3.8, 4) is 0 Å². The fourth-order valence-corrected chi connectivity index (χ4v) is 1.81. The summed E-state index contributed by atoms with van der Waals surface area (Å²) in [6.07, 6.45) is 2.11. The molecular weight excluding hydrogens is 212 g/mol. The maximum absolute atomic E-state index is 10.8. The zero-order chi connectivity index (χ0) is 12.5. The van der Waals surface area contributed by atoms with Crippen LogP contribution in [-0.4, -0.2) is 25.5 Å². The lowest BCUT2D eigenvalue weighted by Gasteiger charge is -2.24. The molecule has 1 amide bonds. The summed E-state index contributed by atoms with van der Waals surface area (Å²) in [6, 6.07) is 10.4. The first-order chi connectivity index (χ1) is 8.24. The third-order valence-corrected chi connectivity index (χ3v) is 2.59. The van der Waals surface area contributed by atoms with Crippen LogP contribution in [0.5, 0.6) is 0 Å². The summed E-state index contributed by atoms with van der Waals surface area (Å²) < 4.78 is 0. The summed E-state index contributed by atoms with van der Waals surface area (Å²) in [5, 5.41) is 2.83. The van der Waals surface area contributed by atoms with Gasteiger partial charge in [-0.3, -0.25) is 4.79 Å². The number of nitrogens with zero attached hydrogens (tertiary/aromatic N) is 1. The number of amides is 1. The van der Waals surface area contributed by atoms with E-state index in [1.54, 1.807) is 6.92 Å². The Balaban J connectivity index is 2.41. The van der Waals surface area contributed by atoms with Gasteiger partial charge in [-0.05, 0) is 25.0 Å². The van der Waals surface area contributed by atoms with Crippen LogP contribution >= 0.6 is 0 Å². The molecule has 3 nitrogen and oxygen atoms in total. The molecule has 0 saturated carbocycles. The standard InChI is InChI=1S/C14H22N2O/c1-3-11-16(12-7-10-15-13(2)17)14-8-5-4-6-9-14/h4-6,8-9H,3,7,10-12H2,1-2H3,(H,15,17). The highest BCUT2D eigenvalue weighted by Gasteiger charge is 2.04. The van der Waals surface area contributed by atoms with Gasteiger partial charge in [-0.25, -0.2) is 0 Å². The van der Waals surface area contributed by atoms with Crippen molar-refractivity contribution in [1.82, 2.24) is 5.32 Å². The van der Waals surface area contributed by atoms with Crippen molar-refractivity contribution in [2.45, 2.75) is 26.7 Å². The molecule has 0 radical (unpaired) electrons. The molecule has 0 saturated heterocycles. The minimum atomic E-state index is 0.0479. The van der Waals surface area contributed by atoms with Crippen LogP contribution in [0.15, 0.2) is 30.3 Å². The first-order valence-corrected chi connectivity index (χ1v) is 6.28. The summed E-state index contributed by atoms with van der Waals surface area (Å²) in [6.45, 7) is 6.54. The van der Waals surface area contributed by atoms with E-state index < -0.39 is 0 Å². The molecule has 17 heavy (non-hydrogen) atoms. The number of carbonyl (C=O) groups is 1. The van der Waals surface area contributed by atoms with Gasteiger partial charge in [0.25, 0.3) is 0 Å². The molecule has 1 aromatic rings. The topological polar surface area (TPSA) is 32.3 Å². The van der Waals surface area contributed by atoms with Crippen molar-refractivity contribution in [2.75, 3.05) is 24.5 Å². The average Bonchev–Trinajstić information content (AvgIpc) is 2.34. The van der Waals surface area contributed by atoms with Crippen LogP contribution in [0, 0.1) is 0 Å². The van der Waals surface area contributed by atoms with E-state index in [9.17, 15) is 4.79 Å². The first kappa shape index (κ1) is 13.6. The molecular formula is C14H22N2O. The molecule has 0 heterocycles. The molecule has 1 N–H and O–H groups in total. The third kappa shape index (κ3) is 5.38. The van der Waals surface area contributed by atoms with E-state index in [1.807, 2.05) is 6.07 Å². The molecule has 0 aliphatic heterocycles. The molecule has 3 heteroatoms. The van der Waals surface area contributed by atoms with Gasteiger partial charge in [0.15, 0.2) is 0 Å². The summed E-state index contributed by atoms with van der Waals surface area (Å²) in [5.41, 5.74) is 1.26. The summed E-state index contributed by atoms with van der Waals surface area (Å²) in [4.78, 5) is 13.1. The molecule has 0 aromatic heterocycles. The van der Waals surface area contributed by atoms with Gasteiger partial charge in [0.2, 0.25) is 5.91 Å². The first-order valence-electron chi connectivity index (χ1n) is 6.28.